The lowest BCUT2D eigenvalue weighted by Gasteiger charge is -2.10. The van der Waals surface area contributed by atoms with Crippen molar-refractivity contribution in [2.24, 2.45) is 0 Å². The summed E-state index contributed by atoms with van der Waals surface area (Å²) < 4.78 is 11.2. The van der Waals surface area contributed by atoms with Gasteiger partial charge in [0.25, 0.3) is 5.91 Å². The molecule has 2 aromatic rings. The number of nitrogens with one attached hydrogen (secondary N) is 1. The van der Waals surface area contributed by atoms with E-state index in [1.54, 1.807) is 30.0 Å². The van der Waals surface area contributed by atoms with Crippen molar-refractivity contribution < 1.29 is 14.3 Å². The summed E-state index contributed by atoms with van der Waals surface area (Å²) in [5.74, 6) is 2.01. The molecule has 0 saturated carbocycles. The first-order chi connectivity index (χ1) is 11.7. The number of ether oxygens (including phenoxy) is 2. The van der Waals surface area contributed by atoms with E-state index < -0.39 is 0 Å². The lowest BCUT2D eigenvalue weighted by atomic mass is 10.2. The minimum absolute atomic E-state index is 0.109. The number of halogens is 1. The Morgan fingerprint density at radius 1 is 1.08 bits per heavy atom. The fraction of sp³-hybridized carbons (Fsp3) is 0.278. The van der Waals surface area contributed by atoms with Crippen LogP contribution in [0.5, 0.6) is 11.5 Å². The molecule has 24 heavy (non-hydrogen) atoms. The van der Waals surface area contributed by atoms with Gasteiger partial charge in [0.1, 0.15) is 0 Å². The summed E-state index contributed by atoms with van der Waals surface area (Å²) in [6, 6.07) is 13.0. The van der Waals surface area contributed by atoms with Gasteiger partial charge in [0, 0.05) is 34.2 Å². The maximum Gasteiger partial charge on any atom is 0.251 e. The number of fused-ring (bicyclic) bond motifs is 1. The standard InChI is InChI=1S/C18H18ClNO3S/c19-14-3-5-15(6-4-14)24-11-8-20-18(21)13-2-7-16-17(12-13)23-10-1-9-22-16/h2-7,12H,1,8-11H2,(H,20,21). The van der Waals surface area contributed by atoms with Gasteiger partial charge in [-0.15, -0.1) is 11.8 Å². The van der Waals surface area contributed by atoms with Gasteiger partial charge in [-0.25, -0.2) is 0 Å². The van der Waals surface area contributed by atoms with Crippen LogP contribution in [-0.2, 0) is 0 Å². The van der Waals surface area contributed by atoms with Crippen LogP contribution in [0.15, 0.2) is 47.4 Å². The van der Waals surface area contributed by atoms with Gasteiger partial charge in [-0.3, -0.25) is 4.79 Å². The molecule has 0 atom stereocenters. The molecule has 2 aromatic carbocycles. The normalized spacial score (nSPS) is 13.2. The summed E-state index contributed by atoms with van der Waals surface area (Å²) >= 11 is 7.53. The number of carbonyl (C=O) groups excluding carboxylic acids is 1. The van der Waals surface area contributed by atoms with Gasteiger partial charge < -0.3 is 14.8 Å². The van der Waals surface area contributed by atoms with E-state index in [1.165, 1.54) is 0 Å². The van der Waals surface area contributed by atoms with Crippen LogP contribution in [0.4, 0.5) is 0 Å². The highest BCUT2D eigenvalue weighted by Crippen LogP contribution is 2.30. The maximum atomic E-state index is 12.2. The lowest BCUT2D eigenvalue weighted by molar-refractivity contribution is 0.0955. The van der Waals surface area contributed by atoms with Crippen molar-refractivity contribution in [3.05, 3.63) is 53.1 Å². The van der Waals surface area contributed by atoms with E-state index >= 15 is 0 Å². The monoisotopic (exact) mass is 363 g/mol. The second-order valence-corrected chi connectivity index (χ2v) is 6.88. The Kier molecular flexibility index (Phi) is 5.88. The van der Waals surface area contributed by atoms with Crippen molar-refractivity contribution in [1.82, 2.24) is 5.32 Å². The molecule has 0 radical (unpaired) electrons. The molecule has 0 aromatic heterocycles. The topological polar surface area (TPSA) is 47.6 Å². The molecule has 1 aliphatic heterocycles. The minimum atomic E-state index is -0.109. The van der Waals surface area contributed by atoms with Crippen molar-refractivity contribution >= 4 is 29.3 Å². The molecule has 0 saturated heterocycles. The average Bonchev–Trinajstić information content (AvgIpc) is 2.84. The number of rotatable bonds is 5. The molecular weight excluding hydrogens is 346 g/mol. The third-order valence-corrected chi connectivity index (χ3v) is 4.75. The van der Waals surface area contributed by atoms with Crippen LogP contribution in [0.25, 0.3) is 0 Å². The number of benzene rings is 2. The Morgan fingerprint density at radius 2 is 1.83 bits per heavy atom. The fourth-order valence-corrected chi connectivity index (χ4v) is 3.17. The molecule has 1 amide bonds. The Hall–Kier alpha value is -1.85. The molecule has 1 aliphatic rings. The molecule has 0 unspecified atom stereocenters. The molecule has 1 heterocycles. The zero-order chi connectivity index (χ0) is 16.8. The molecule has 6 heteroatoms. The molecule has 126 valence electrons. The van der Waals surface area contributed by atoms with Crippen molar-refractivity contribution in [3.8, 4) is 11.5 Å². The summed E-state index contributed by atoms with van der Waals surface area (Å²) in [6.07, 6.45) is 0.845. The smallest absolute Gasteiger partial charge is 0.251 e. The van der Waals surface area contributed by atoms with Crippen LogP contribution in [0, 0.1) is 0 Å². The van der Waals surface area contributed by atoms with E-state index in [2.05, 4.69) is 5.32 Å². The van der Waals surface area contributed by atoms with E-state index in [-0.39, 0.29) is 5.91 Å². The second kappa shape index (κ2) is 8.31. The predicted octanol–water partition coefficient (Wildman–Crippen LogP) is 4.02. The lowest BCUT2D eigenvalue weighted by Crippen LogP contribution is -2.25. The Labute approximate surface area is 150 Å². The number of thioether (sulfide) groups is 1. The molecule has 3 rings (SSSR count). The van der Waals surface area contributed by atoms with Gasteiger partial charge in [0.15, 0.2) is 11.5 Å². The minimum Gasteiger partial charge on any atom is -0.490 e. The molecule has 0 spiro atoms. The summed E-state index contributed by atoms with van der Waals surface area (Å²) in [4.78, 5) is 13.4. The first kappa shape index (κ1) is 17.0. The molecule has 1 N–H and O–H groups in total. The second-order valence-electron chi connectivity index (χ2n) is 5.27. The van der Waals surface area contributed by atoms with Crippen LogP contribution in [-0.4, -0.2) is 31.4 Å². The number of hydrogen-bond donors (Lipinski definition) is 1. The van der Waals surface area contributed by atoms with Crippen molar-refractivity contribution in [1.29, 1.82) is 0 Å². The highest BCUT2D eigenvalue weighted by Gasteiger charge is 2.13. The number of amides is 1. The quantitative estimate of drug-likeness (QED) is 0.643. The number of carbonyl (C=O) groups is 1. The number of hydrogen-bond acceptors (Lipinski definition) is 4. The van der Waals surface area contributed by atoms with E-state index in [0.717, 1.165) is 22.1 Å². The SMILES string of the molecule is O=C(NCCSc1ccc(Cl)cc1)c1ccc2c(c1)OCCCO2. The van der Waals surface area contributed by atoms with Crippen LogP contribution in [0.3, 0.4) is 0 Å². The van der Waals surface area contributed by atoms with Crippen molar-refractivity contribution in [2.45, 2.75) is 11.3 Å². The van der Waals surface area contributed by atoms with Gasteiger partial charge in [-0.2, -0.15) is 0 Å². The van der Waals surface area contributed by atoms with Gasteiger partial charge in [-0.1, -0.05) is 11.6 Å². The van der Waals surface area contributed by atoms with Crippen LogP contribution in [0.2, 0.25) is 5.02 Å². The molecule has 0 aliphatic carbocycles. The summed E-state index contributed by atoms with van der Waals surface area (Å²) in [7, 11) is 0. The third-order valence-electron chi connectivity index (χ3n) is 3.48. The highest BCUT2D eigenvalue weighted by molar-refractivity contribution is 7.99. The first-order valence-corrected chi connectivity index (χ1v) is 9.15. The van der Waals surface area contributed by atoms with E-state index in [9.17, 15) is 4.79 Å². The third kappa shape index (κ3) is 4.58. The maximum absolute atomic E-state index is 12.2. The van der Waals surface area contributed by atoms with Gasteiger partial charge in [-0.05, 0) is 42.5 Å². The largest absolute Gasteiger partial charge is 0.490 e. The van der Waals surface area contributed by atoms with Crippen LogP contribution in [0.1, 0.15) is 16.8 Å². The van der Waals surface area contributed by atoms with Gasteiger partial charge >= 0.3 is 0 Å². The molecule has 4 nitrogen and oxygen atoms in total. The fourth-order valence-electron chi connectivity index (χ4n) is 2.27. The Morgan fingerprint density at radius 3 is 2.62 bits per heavy atom. The molecular formula is C18H18ClNO3S. The van der Waals surface area contributed by atoms with Gasteiger partial charge in [0.05, 0.1) is 13.2 Å². The van der Waals surface area contributed by atoms with Crippen molar-refractivity contribution in [2.75, 3.05) is 25.5 Å². The zero-order valence-corrected chi connectivity index (χ0v) is 14.7. The Balaban J connectivity index is 1.50. The summed E-state index contributed by atoms with van der Waals surface area (Å²) in [5, 5.41) is 3.64. The molecule has 0 bridgehead atoms. The first-order valence-electron chi connectivity index (χ1n) is 7.78. The zero-order valence-electron chi connectivity index (χ0n) is 13.1. The molecule has 0 fully saturated rings. The summed E-state index contributed by atoms with van der Waals surface area (Å²) in [5.41, 5.74) is 0.579. The average molecular weight is 364 g/mol. The van der Waals surface area contributed by atoms with E-state index in [1.807, 2.05) is 24.3 Å². The Bertz CT molecular complexity index is 706. The van der Waals surface area contributed by atoms with E-state index in [0.29, 0.717) is 36.8 Å². The predicted molar refractivity (Wildman–Crippen MR) is 96.6 cm³/mol. The van der Waals surface area contributed by atoms with Crippen molar-refractivity contribution in [3.63, 3.8) is 0 Å². The van der Waals surface area contributed by atoms with E-state index in [4.69, 9.17) is 21.1 Å². The van der Waals surface area contributed by atoms with Crippen LogP contribution >= 0.6 is 23.4 Å². The van der Waals surface area contributed by atoms with Crippen LogP contribution < -0.4 is 14.8 Å². The van der Waals surface area contributed by atoms with Gasteiger partial charge in [0.2, 0.25) is 0 Å². The summed E-state index contributed by atoms with van der Waals surface area (Å²) in [6.45, 7) is 1.83. The highest BCUT2D eigenvalue weighted by atomic mass is 35.5.